The molecule has 1 aliphatic carbocycles. The molecule has 3 heteroatoms. The molecular formula is C34H23BO2. The van der Waals surface area contributed by atoms with Crippen molar-refractivity contribution < 1.29 is 9.47 Å². The van der Waals surface area contributed by atoms with Gasteiger partial charge in [0.15, 0.2) is 0 Å². The lowest BCUT2D eigenvalue weighted by Gasteiger charge is -2.39. The zero-order chi connectivity index (χ0) is 24.4. The normalized spacial score (nSPS) is 14.4. The summed E-state index contributed by atoms with van der Waals surface area (Å²) in [5, 5.41) is 0. The molecule has 174 valence electrons. The topological polar surface area (TPSA) is 18.5 Å². The molecule has 9 rings (SSSR count). The Balaban J connectivity index is 1.35. The van der Waals surface area contributed by atoms with Gasteiger partial charge in [-0.2, -0.15) is 0 Å². The third-order valence-corrected chi connectivity index (χ3v) is 8.78. The minimum atomic E-state index is 0.137. The Morgan fingerprint density at radius 1 is 0.568 bits per heavy atom. The van der Waals surface area contributed by atoms with E-state index in [0.717, 1.165) is 41.4 Å². The van der Waals surface area contributed by atoms with Gasteiger partial charge in [-0.3, -0.25) is 0 Å². The smallest absolute Gasteiger partial charge is 0.261 e. The minimum absolute atomic E-state index is 0.137. The van der Waals surface area contributed by atoms with Gasteiger partial charge in [-0.15, -0.1) is 0 Å². The van der Waals surface area contributed by atoms with Gasteiger partial charge in [-0.25, -0.2) is 0 Å². The molecule has 0 bridgehead atoms. The maximum atomic E-state index is 6.75. The first-order chi connectivity index (χ1) is 18.1. The van der Waals surface area contributed by atoms with E-state index in [1.807, 2.05) is 0 Å². The molecule has 0 amide bonds. The molecule has 0 radical (unpaired) electrons. The SMILES string of the molecule is Cc1cccc(-c2ccc3c4c2Oc2cccc5c2B4c2c(cc4c(c2C5)Cc2ccc(C)cc2-4)O3)c1. The molecule has 5 aromatic rings. The highest BCUT2D eigenvalue weighted by Gasteiger charge is 2.47. The maximum absolute atomic E-state index is 6.75. The summed E-state index contributed by atoms with van der Waals surface area (Å²) >= 11 is 0. The molecule has 37 heavy (non-hydrogen) atoms. The summed E-state index contributed by atoms with van der Waals surface area (Å²) in [6, 6.07) is 28.8. The van der Waals surface area contributed by atoms with Gasteiger partial charge in [0.2, 0.25) is 0 Å². The van der Waals surface area contributed by atoms with Gasteiger partial charge in [0.1, 0.15) is 23.0 Å². The van der Waals surface area contributed by atoms with Gasteiger partial charge >= 0.3 is 0 Å². The summed E-state index contributed by atoms with van der Waals surface area (Å²) in [7, 11) is 0. The Labute approximate surface area is 216 Å². The molecule has 0 saturated carbocycles. The summed E-state index contributed by atoms with van der Waals surface area (Å²) < 4.78 is 13.5. The monoisotopic (exact) mass is 474 g/mol. The molecule has 0 unspecified atom stereocenters. The second-order valence-corrected chi connectivity index (χ2v) is 11.0. The quantitative estimate of drug-likeness (QED) is 0.265. The van der Waals surface area contributed by atoms with Crippen molar-refractivity contribution in [1.29, 1.82) is 0 Å². The van der Waals surface area contributed by atoms with Crippen LogP contribution in [-0.2, 0) is 12.8 Å². The zero-order valence-electron chi connectivity index (χ0n) is 20.8. The van der Waals surface area contributed by atoms with Gasteiger partial charge < -0.3 is 9.47 Å². The molecule has 5 aromatic carbocycles. The van der Waals surface area contributed by atoms with E-state index in [9.17, 15) is 0 Å². The lowest BCUT2D eigenvalue weighted by Crippen LogP contribution is -2.61. The molecule has 0 aromatic heterocycles. The van der Waals surface area contributed by atoms with E-state index in [2.05, 4.69) is 92.7 Å². The number of benzene rings is 5. The molecule has 3 heterocycles. The number of ether oxygens (including phenoxy) is 2. The highest BCUT2D eigenvalue weighted by Crippen LogP contribution is 2.47. The van der Waals surface area contributed by atoms with Gasteiger partial charge in [0, 0.05) is 11.0 Å². The predicted octanol–water partition coefficient (Wildman–Crippen LogP) is 6.17. The van der Waals surface area contributed by atoms with Gasteiger partial charge in [-0.1, -0.05) is 65.7 Å². The van der Waals surface area contributed by atoms with Crippen molar-refractivity contribution in [3.05, 3.63) is 112 Å². The van der Waals surface area contributed by atoms with Crippen LogP contribution in [0.15, 0.2) is 78.9 Å². The van der Waals surface area contributed by atoms with Crippen LogP contribution in [0.2, 0.25) is 0 Å². The number of aryl methyl sites for hydroxylation is 2. The van der Waals surface area contributed by atoms with Crippen molar-refractivity contribution in [1.82, 2.24) is 0 Å². The number of hydrogen-bond acceptors (Lipinski definition) is 2. The standard InChI is InChI=1S/C34H23BO2/c1-18-5-3-6-20(13-18)23-11-12-29-33-34(23)37-28-8-4-7-22-16-27-25-15-21-10-9-19(2)14-24(21)26(25)17-30(36-29)32(27)35(33)31(22)28/h3-14,17H,15-16H2,1-2H3. The highest BCUT2D eigenvalue weighted by molar-refractivity contribution is 6.99. The Bertz CT molecular complexity index is 1870. The van der Waals surface area contributed by atoms with Crippen LogP contribution < -0.4 is 25.9 Å². The van der Waals surface area contributed by atoms with Crippen molar-refractivity contribution in [3.8, 4) is 45.3 Å². The molecule has 2 nitrogen and oxygen atoms in total. The highest BCUT2D eigenvalue weighted by atomic mass is 16.5. The van der Waals surface area contributed by atoms with Crippen LogP contribution in [0.3, 0.4) is 0 Å². The fourth-order valence-electron chi connectivity index (χ4n) is 7.21. The van der Waals surface area contributed by atoms with E-state index in [-0.39, 0.29) is 6.71 Å². The van der Waals surface area contributed by atoms with Crippen molar-refractivity contribution >= 4 is 23.1 Å². The Morgan fingerprint density at radius 2 is 1.41 bits per heavy atom. The summed E-state index contributed by atoms with van der Waals surface area (Å²) in [5.74, 6) is 3.85. The summed E-state index contributed by atoms with van der Waals surface area (Å²) in [4.78, 5) is 0. The molecule has 0 N–H and O–H groups in total. The second kappa shape index (κ2) is 6.74. The van der Waals surface area contributed by atoms with Crippen LogP contribution in [0, 0.1) is 13.8 Å². The summed E-state index contributed by atoms with van der Waals surface area (Å²) in [5.41, 5.74) is 17.1. The third kappa shape index (κ3) is 2.52. The van der Waals surface area contributed by atoms with Crippen LogP contribution in [0.4, 0.5) is 0 Å². The molecule has 3 aliphatic heterocycles. The molecule has 0 spiro atoms. The summed E-state index contributed by atoms with van der Waals surface area (Å²) in [6.45, 7) is 4.46. The van der Waals surface area contributed by atoms with E-state index in [0.29, 0.717) is 0 Å². The van der Waals surface area contributed by atoms with Gasteiger partial charge in [0.25, 0.3) is 6.71 Å². The molecule has 0 saturated heterocycles. The molecule has 0 fully saturated rings. The zero-order valence-corrected chi connectivity index (χ0v) is 20.8. The second-order valence-electron chi connectivity index (χ2n) is 11.0. The Hall–Kier alpha value is -4.24. The number of fused-ring (bicyclic) bond motifs is 4. The fourth-order valence-corrected chi connectivity index (χ4v) is 7.21. The van der Waals surface area contributed by atoms with Crippen LogP contribution in [-0.4, -0.2) is 6.71 Å². The van der Waals surface area contributed by atoms with Crippen molar-refractivity contribution in [3.63, 3.8) is 0 Å². The average Bonchev–Trinajstić information content (AvgIpc) is 3.26. The maximum Gasteiger partial charge on any atom is 0.261 e. The number of rotatable bonds is 1. The first kappa shape index (κ1) is 19.9. The first-order valence-electron chi connectivity index (χ1n) is 13.1. The lowest BCUT2D eigenvalue weighted by molar-refractivity contribution is 0.464. The lowest BCUT2D eigenvalue weighted by atomic mass is 9.31. The Kier molecular flexibility index (Phi) is 3.63. The van der Waals surface area contributed by atoms with E-state index >= 15 is 0 Å². The van der Waals surface area contributed by atoms with E-state index in [1.54, 1.807) is 0 Å². The minimum Gasteiger partial charge on any atom is -0.458 e. The van der Waals surface area contributed by atoms with Crippen LogP contribution in [0.25, 0.3) is 22.3 Å². The predicted molar refractivity (Wildman–Crippen MR) is 150 cm³/mol. The average molecular weight is 474 g/mol. The largest absolute Gasteiger partial charge is 0.458 e. The van der Waals surface area contributed by atoms with Crippen molar-refractivity contribution in [2.45, 2.75) is 26.7 Å². The van der Waals surface area contributed by atoms with Crippen molar-refractivity contribution in [2.75, 3.05) is 0 Å². The first-order valence-corrected chi connectivity index (χ1v) is 13.1. The Morgan fingerprint density at radius 3 is 2.32 bits per heavy atom. The van der Waals surface area contributed by atoms with Gasteiger partial charge in [0.05, 0.1) is 0 Å². The molecular weight excluding hydrogens is 451 g/mol. The van der Waals surface area contributed by atoms with E-state index < -0.39 is 0 Å². The van der Waals surface area contributed by atoms with Crippen molar-refractivity contribution in [2.24, 2.45) is 0 Å². The van der Waals surface area contributed by atoms with Gasteiger partial charge in [-0.05, 0) is 101 Å². The number of hydrogen-bond donors (Lipinski definition) is 0. The third-order valence-electron chi connectivity index (χ3n) is 8.78. The van der Waals surface area contributed by atoms with E-state index in [4.69, 9.17) is 9.47 Å². The fraction of sp³-hybridized carbons (Fsp3) is 0.118. The van der Waals surface area contributed by atoms with E-state index in [1.165, 1.54) is 66.5 Å². The molecule has 4 aliphatic rings. The summed E-state index contributed by atoms with van der Waals surface area (Å²) in [6.07, 6.45) is 1.92. The molecule has 0 atom stereocenters. The van der Waals surface area contributed by atoms with Crippen LogP contribution in [0.1, 0.15) is 33.4 Å². The van der Waals surface area contributed by atoms with Crippen LogP contribution >= 0.6 is 0 Å². The van der Waals surface area contributed by atoms with Crippen LogP contribution in [0.5, 0.6) is 23.0 Å².